The summed E-state index contributed by atoms with van der Waals surface area (Å²) < 4.78 is 15.6. The maximum atomic E-state index is 12.3. The molecule has 2 heterocycles. The van der Waals surface area contributed by atoms with Crippen molar-refractivity contribution in [2.75, 3.05) is 6.61 Å². The molecule has 0 saturated heterocycles. The molecule has 1 aromatic rings. The number of benzene rings is 1. The molecule has 0 radical (unpaired) electrons. The zero-order chi connectivity index (χ0) is 19.6. The van der Waals surface area contributed by atoms with Crippen molar-refractivity contribution in [3.05, 3.63) is 47.5 Å². The number of carbonyl (C=O) groups excluding carboxylic acids is 4. The van der Waals surface area contributed by atoms with Gasteiger partial charge in [0.05, 0.1) is 11.1 Å². The van der Waals surface area contributed by atoms with Gasteiger partial charge in [-0.1, -0.05) is 12.1 Å². The van der Waals surface area contributed by atoms with Crippen molar-refractivity contribution >= 4 is 23.8 Å². The summed E-state index contributed by atoms with van der Waals surface area (Å²) in [6.45, 7) is 2.27. The second-order valence-electron chi connectivity index (χ2n) is 5.86. The Hall–Kier alpha value is -3.04. The molecule has 0 N–H and O–H groups in total. The highest BCUT2D eigenvalue weighted by atomic mass is 16.8. The van der Waals surface area contributed by atoms with Crippen LogP contribution in [0.1, 0.15) is 34.6 Å². The van der Waals surface area contributed by atoms with E-state index in [0.717, 1.165) is 0 Å². The van der Waals surface area contributed by atoms with Gasteiger partial charge in [-0.15, -0.1) is 5.06 Å². The van der Waals surface area contributed by atoms with Crippen molar-refractivity contribution in [1.82, 2.24) is 5.06 Å². The Morgan fingerprint density at radius 3 is 2.22 bits per heavy atom. The predicted octanol–water partition coefficient (Wildman–Crippen LogP) is 0.990. The van der Waals surface area contributed by atoms with Gasteiger partial charge in [-0.25, -0.2) is 4.84 Å². The van der Waals surface area contributed by atoms with Gasteiger partial charge in [0.2, 0.25) is 6.29 Å². The first-order chi connectivity index (χ1) is 12.9. The quantitative estimate of drug-likeness (QED) is 0.426. The minimum absolute atomic E-state index is 0.195. The maximum absolute atomic E-state index is 12.3. The molecule has 0 spiro atoms. The number of hydrogen-bond acceptors (Lipinski definition) is 8. The van der Waals surface area contributed by atoms with E-state index in [1.807, 2.05) is 0 Å². The van der Waals surface area contributed by atoms with Gasteiger partial charge in [0, 0.05) is 13.8 Å². The van der Waals surface area contributed by atoms with Crippen LogP contribution in [0.5, 0.6) is 0 Å². The van der Waals surface area contributed by atoms with E-state index in [4.69, 9.17) is 19.0 Å². The van der Waals surface area contributed by atoms with Gasteiger partial charge in [0.15, 0.2) is 0 Å². The minimum atomic E-state index is -1.11. The summed E-state index contributed by atoms with van der Waals surface area (Å²) in [6, 6.07) is 6.33. The van der Waals surface area contributed by atoms with Gasteiger partial charge in [0.25, 0.3) is 11.8 Å². The summed E-state index contributed by atoms with van der Waals surface area (Å²) in [7, 11) is 0. The van der Waals surface area contributed by atoms with Crippen LogP contribution in [-0.4, -0.2) is 53.9 Å². The fraction of sp³-hybridized carbons (Fsp3) is 0.333. The molecule has 1 aromatic carbocycles. The van der Waals surface area contributed by atoms with Gasteiger partial charge in [-0.3, -0.25) is 19.2 Å². The van der Waals surface area contributed by atoms with Crippen molar-refractivity contribution in [3.63, 3.8) is 0 Å². The Bertz CT molecular complexity index is 782. The molecular weight excluding hydrogens is 358 g/mol. The van der Waals surface area contributed by atoms with Crippen LogP contribution in [-0.2, 0) is 28.6 Å². The standard InChI is InChI=1S/C18H17NO8/c1-10(20)24-9-15-14(25-11(2)21)7-8-16(26-15)27-19-17(22)12-5-3-4-6-13(12)18(19)23/h3-8,14-16H,9H2,1-2H3/t14-,15+,16+/m0/s1. The van der Waals surface area contributed by atoms with Crippen molar-refractivity contribution in [2.24, 2.45) is 0 Å². The van der Waals surface area contributed by atoms with Crippen LogP contribution >= 0.6 is 0 Å². The smallest absolute Gasteiger partial charge is 0.303 e. The van der Waals surface area contributed by atoms with E-state index in [2.05, 4.69) is 0 Å². The third-order valence-electron chi connectivity index (χ3n) is 3.85. The predicted molar refractivity (Wildman–Crippen MR) is 88.0 cm³/mol. The fourth-order valence-corrected chi connectivity index (χ4v) is 2.69. The topological polar surface area (TPSA) is 108 Å². The molecule has 27 heavy (non-hydrogen) atoms. The summed E-state index contributed by atoms with van der Waals surface area (Å²) in [4.78, 5) is 52.4. The number of hydrogen-bond donors (Lipinski definition) is 0. The van der Waals surface area contributed by atoms with E-state index in [-0.39, 0.29) is 17.7 Å². The number of imide groups is 1. The van der Waals surface area contributed by atoms with Crippen LogP contribution in [0.2, 0.25) is 0 Å². The minimum Gasteiger partial charge on any atom is -0.463 e. The van der Waals surface area contributed by atoms with Crippen molar-refractivity contribution < 1.29 is 38.2 Å². The van der Waals surface area contributed by atoms with Gasteiger partial charge in [0.1, 0.15) is 18.8 Å². The molecule has 2 aliphatic rings. The van der Waals surface area contributed by atoms with E-state index < -0.39 is 42.3 Å². The largest absolute Gasteiger partial charge is 0.463 e. The van der Waals surface area contributed by atoms with Gasteiger partial charge < -0.3 is 14.2 Å². The molecular formula is C18H17NO8. The maximum Gasteiger partial charge on any atom is 0.303 e. The number of esters is 2. The number of ether oxygens (including phenoxy) is 3. The molecule has 9 nitrogen and oxygen atoms in total. The Kier molecular flexibility index (Phi) is 5.33. The Morgan fingerprint density at radius 2 is 1.67 bits per heavy atom. The van der Waals surface area contributed by atoms with Crippen molar-refractivity contribution in [2.45, 2.75) is 32.3 Å². The highest BCUT2D eigenvalue weighted by molar-refractivity contribution is 6.20. The lowest BCUT2D eigenvalue weighted by Gasteiger charge is -2.32. The first-order valence-electron chi connectivity index (χ1n) is 8.15. The summed E-state index contributed by atoms with van der Waals surface area (Å²) in [5.41, 5.74) is 0.466. The van der Waals surface area contributed by atoms with Crippen molar-refractivity contribution in [1.29, 1.82) is 0 Å². The van der Waals surface area contributed by atoms with Gasteiger partial charge >= 0.3 is 11.9 Å². The zero-order valence-electron chi connectivity index (χ0n) is 14.6. The Morgan fingerprint density at radius 1 is 1.04 bits per heavy atom. The second-order valence-corrected chi connectivity index (χ2v) is 5.86. The molecule has 0 fully saturated rings. The molecule has 0 aliphatic carbocycles. The summed E-state index contributed by atoms with van der Waals surface area (Å²) in [6.07, 6.45) is 0.120. The Labute approximate surface area is 154 Å². The fourth-order valence-electron chi connectivity index (χ4n) is 2.69. The molecule has 0 saturated carbocycles. The molecule has 2 aliphatic heterocycles. The van der Waals surface area contributed by atoms with E-state index in [0.29, 0.717) is 5.06 Å². The van der Waals surface area contributed by atoms with Gasteiger partial charge in [-0.2, -0.15) is 0 Å². The first kappa shape index (κ1) is 18.7. The van der Waals surface area contributed by atoms with Crippen LogP contribution in [0.25, 0.3) is 0 Å². The summed E-state index contributed by atoms with van der Waals surface area (Å²) in [5.74, 6) is -2.29. The highest BCUT2D eigenvalue weighted by Gasteiger charge is 2.40. The van der Waals surface area contributed by atoms with Crippen LogP contribution in [0.3, 0.4) is 0 Å². The first-order valence-corrected chi connectivity index (χ1v) is 8.15. The summed E-state index contributed by atoms with van der Waals surface area (Å²) in [5, 5.41) is 0.620. The summed E-state index contributed by atoms with van der Waals surface area (Å²) >= 11 is 0. The molecule has 0 bridgehead atoms. The molecule has 3 rings (SSSR count). The average Bonchev–Trinajstić information content (AvgIpc) is 2.86. The van der Waals surface area contributed by atoms with Crippen LogP contribution in [0, 0.1) is 0 Å². The van der Waals surface area contributed by atoms with Crippen molar-refractivity contribution in [3.8, 4) is 0 Å². The molecule has 142 valence electrons. The zero-order valence-corrected chi connectivity index (χ0v) is 14.6. The molecule has 0 aromatic heterocycles. The van der Waals surface area contributed by atoms with Crippen LogP contribution in [0.15, 0.2) is 36.4 Å². The third-order valence-corrected chi connectivity index (χ3v) is 3.85. The normalized spacial score (nSPS) is 23.9. The molecule has 9 heteroatoms. The van der Waals surface area contributed by atoms with E-state index in [9.17, 15) is 19.2 Å². The number of hydroxylamine groups is 2. The van der Waals surface area contributed by atoms with E-state index >= 15 is 0 Å². The number of carbonyl (C=O) groups is 4. The Balaban J connectivity index is 1.72. The molecule has 2 amide bonds. The highest BCUT2D eigenvalue weighted by Crippen LogP contribution is 2.25. The molecule has 0 unspecified atom stereocenters. The van der Waals surface area contributed by atoms with Gasteiger partial charge in [-0.05, 0) is 24.3 Å². The van der Waals surface area contributed by atoms with Crippen LogP contribution in [0.4, 0.5) is 0 Å². The van der Waals surface area contributed by atoms with Crippen LogP contribution < -0.4 is 0 Å². The third kappa shape index (κ3) is 4.04. The van der Waals surface area contributed by atoms with E-state index in [1.165, 1.54) is 38.1 Å². The molecule has 3 atom stereocenters. The number of rotatable bonds is 5. The second kappa shape index (κ2) is 7.68. The monoisotopic (exact) mass is 375 g/mol. The number of amides is 2. The number of fused-ring (bicyclic) bond motifs is 1. The van der Waals surface area contributed by atoms with E-state index in [1.54, 1.807) is 12.1 Å². The lowest BCUT2D eigenvalue weighted by Crippen LogP contribution is -2.44. The lowest BCUT2D eigenvalue weighted by atomic mass is 10.1. The lowest BCUT2D eigenvalue weighted by molar-refractivity contribution is -0.249. The average molecular weight is 375 g/mol. The SMILES string of the molecule is CC(=O)OC[C@H]1O[C@H](ON2C(=O)c3ccccc3C2=O)C=C[C@@H]1OC(C)=O. The number of nitrogens with zero attached hydrogens (tertiary/aromatic N) is 1.